The van der Waals surface area contributed by atoms with Gasteiger partial charge >= 0.3 is 0 Å². The van der Waals surface area contributed by atoms with Gasteiger partial charge in [0.25, 0.3) is 0 Å². The lowest BCUT2D eigenvalue weighted by atomic mass is 9.89. The fourth-order valence-corrected chi connectivity index (χ4v) is 3.83. The molecule has 0 N–H and O–H groups in total. The van der Waals surface area contributed by atoms with E-state index in [-0.39, 0.29) is 0 Å². The van der Waals surface area contributed by atoms with Gasteiger partial charge in [0.05, 0.1) is 12.4 Å². The van der Waals surface area contributed by atoms with E-state index in [1.54, 1.807) is 0 Å². The third-order valence-electron chi connectivity index (χ3n) is 5.20. The lowest BCUT2D eigenvalue weighted by Crippen LogP contribution is -2.18. The molecule has 2 nitrogen and oxygen atoms in total. The molecular weight excluding hydrogens is 292 g/mol. The Morgan fingerprint density at radius 3 is 2.62 bits per heavy atom. The van der Waals surface area contributed by atoms with E-state index in [0.717, 1.165) is 6.42 Å². The van der Waals surface area contributed by atoms with E-state index in [9.17, 15) is 0 Å². The van der Waals surface area contributed by atoms with Crippen molar-refractivity contribution in [1.29, 1.82) is 0 Å². The topological polar surface area (TPSA) is 17.8 Å². The summed E-state index contributed by atoms with van der Waals surface area (Å²) in [6.07, 6.45) is 7.58. The molecule has 0 saturated heterocycles. The van der Waals surface area contributed by atoms with Crippen LogP contribution in [0.25, 0.3) is 11.1 Å². The molecule has 3 aromatic rings. The maximum atomic E-state index is 4.38. The van der Waals surface area contributed by atoms with Crippen molar-refractivity contribution in [2.45, 2.75) is 45.1 Å². The summed E-state index contributed by atoms with van der Waals surface area (Å²) in [5.74, 6) is 0.571. The van der Waals surface area contributed by atoms with Crippen molar-refractivity contribution < 1.29 is 0 Å². The molecule has 2 aromatic carbocycles. The predicted octanol–water partition coefficient (Wildman–Crippen LogP) is 5.60. The van der Waals surface area contributed by atoms with Crippen LogP contribution in [0.15, 0.2) is 61.1 Å². The van der Waals surface area contributed by atoms with Crippen molar-refractivity contribution in [3.8, 4) is 11.1 Å². The van der Waals surface area contributed by atoms with Gasteiger partial charge in [-0.15, -0.1) is 0 Å². The van der Waals surface area contributed by atoms with Gasteiger partial charge in [0.1, 0.15) is 0 Å². The Balaban J connectivity index is 1.77. The molecule has 1 unspecified atom stereocenters. The standard InChI is InChI=1S/C22H24N2/c1-16(2)17-10-12-18(13-11-17)20-7-3-4-8-21(20)22-9-5-6-19-14-23-15-24(19)22/h3-4,7-8,10-16,22H,5-6,9H2,1-2H3. The van der Waals surface area contributed by atoms with E-state index < -0.39 is 0 Å². The molecule has 0 spiro atoms. The number of aromatic nitrogens is 2. The van der Waals surface area contributed by atoms with E-state index in [1.807, 2.05) is 12.5 Å². The van der Waals surface area contributed by atoms with Gasteiger partial charge in [-0.05, 0) is 47.4 Å². The molecule has 4 rings (SSSR count). The quantitative estimate of drug-likeness (QED) is 0.615. The second-order valence-electron chi connectivity index (χ2n) is 7.06. The van der Waals surface area contributed by atoms with Crippen molar-refractivity contribution in [2.24, 2.45) is 0 Å². The van der Waals surface area contributed by atoms with Crippen LogP contribution in [0.4, 0.5) is 0 Å². The SMILES string of the molecule is CC(C)c1ccc(-c2ccccc2C2CCCc3cncn32)cc1. The first kappa shape index (κ1) is 15.2. The number of aryl methyl sites for hydroxylation is 1. The molecule has 1 atom stereocenters. The summed E-state index contributed by atoms with van der Waals surface area (Å²) < 4.78 is 2.37. The Kier molecular flexibility index (Phi) is 3.97. The van der Waals surface area contributed by atoms with Crippen LogP contribution in [-0.4, -0.2) is 9.55 Å². The summed E-state index contributed by atoms with van der Waals surface area (Å²) in [5, 5.41) is 0. The average Bonchev–Trinajstić information content (AvgIpc) is 3.10. The number of hydrogen-bond acceptors (Lipinski definition) is 1. The maximum absolute atomic E-state index is 4.38. The molecule has 2 heteroatoms. The summed E-state index contributed by atoms with van der Waals surface area (Å²) in [5.41, 5.74) is 6.82. The van der Waals surface area contributed by atoms with Gasteiger partial charge in [0.15, 0.2) is 0 Å². The molecule has 0 amide bonds. The Hall–Kier alpha value is -2.35. The fraction of sp³-hybridized carbons (Fsp3) is 0.318. The number of imidazole rings is 1. The number of fused-ring (bicyclic) bond motifs is 1. The summed E-state index contributed by atoms with van der Waals surface area (Å²) in [4.78, 5) is 4.38. The van der Waals surface area contributed by atoms with Gasteiger partial charge < -0.3 is 4.57 Å². The smallest absolute Gasteiger partial charge is 0.0953 e. The minimum absolute atomic E-state index is 0.400. The van der Waals surface area contributed by atoms with E-state index in [2.05, 4.69) is 71.9 Å². The van der Waals surface area contributed by atoms with Crippen LogP contribution in [0.5, 0.6) is 0 Å². The highest BCUT2D eigenvalue weighted by Crippen LogP contribution is 2.36. The third kappa shape index (κ3) is 2.66. The largest absolute Gasteiger partial charge is 0.327 e. The predicted molar refractivity (Wildman–Crippen MR) is 99.3 cm³/mol. The maximum Gasteiger partial charge on any atom is 0.0953 e. The Morgan fingerprint density at radius 1 is 1.04 bits per heavy atom. The molecule has 0 fully saturated rings. The van der Waals surface area contributed by atoms with Gasteiger partial charge in [-0.25, -0.2) is 4.98 Å². The Morgan fingerprint density at radius 2 is 1.83 bits per heavy atom. The van der Waals surface area contributed by atoms with Crippen molar-refractivity contribution in [1.82, 2.24) is 9.55 Å². The average molecular weight is 316 g/mol. The summed E-state index contributed by atoms with van der Waals surface area (Å²) in [6, 6.07) is 18.3. The van der Waals surface area contributed by atoms with E-state index in [0.29, 0.717) is 12.0 Å². The molecule has 0 radical (unpaired) electrons. The summed E-state index contributed by atoms with van der Waals surface area (Å²) in [6.45, 7) is 4.48. The minimum Gasteiger partial charge on any atom is -0.327 e. The monoisotopic (exact) mass is 316 g/mol. The minimum atomic E-state index is 0.400. The van der Waals surface area contributed by atoms with Crippen LogP contribution >= 0.6 is 0 Å². The van der Waals surface area contributed by atoms with E-state index in [4.69, 9.17) is 0 Å². The normalized spacial score (nSPS) is 17.0. The van der Waals surface area contributed by atoms with Crippen LogP contribution < -0.4 is 0 Å². The number of benzene rings is 2. The molecule has 122 valence electrons. The summed E-state index contributed by atoms with van der Waals surface area (Å²) in [7, 11) is 0. The van der Waals surface area contributed by atoms with Crippen LogP contribution in [0.3, 0.4) is 0 Å². The molecule has 2 heterocycles. The highest BCUT2D eigenvalue weighted by atomic mass is 15.1. The molecule has 0 saturated carbocycles. The van der Waals surface area contributed by atoms with Crippen LogP contribution in [0, 0.1) is 0 Å². The molecule has 1 aliphatic rings. The van der Waals surface area contributed by atoms with Crippen molar-refractivity contribution in [3.63, 3.8) is 0 Å². The first-order valence-electron chi connectivity index (χ1n) is 8.94. The zero-order valence-electron chi connectivity index (χ0n) is 14.4. The first-order chi connectivity index (χ1) is 11.7. The Bertz CT molecular complexity index is 827. The van der Waals surface area contributed by atoms with Gasteiger partial charge in [-0.2, -0.15) is 0 Å². The summed E-state index contributed by atoms with van der Waals surface area (Å²) >= 11 is 0. The van der Waals surface area contributed by atoms with E-state index in [1.165, 1.54) is 40.8 Å². The number of hydrogen-bond donors (Lipinski definition) is 0. The zero-order valence-corrected chi connectivity index (χ0v) is 14.4. The number of nitrogens with zero attached hydrogens (tertiary/aromatic N) is 2. The molecule has 0 bridgehead atoms. The Labute approximate surface area is 144 Å². The lowest BCUT2D eigenvalue weighted by molar-refractivity contribution is 0.458. The number of rotatable bonds is 3. The highest BCUT2D eigenvalue weighted by molar-refractivity contribution is 5.68. The molecule has 1 aromatic heterocycles. The fourth-order valence-electron chi connectivity index (χ4n) is 3.83. The van der Waals surface area contributed by atoms with Gasteiger partial charge in [-0.1, -0.05) is 62.4 Å². The molecule has 0 aliphatic carbocycles. The van der Waals surface area contributed by atoms with Crippen LogP contribution in [-0.2, 0) is 6.42 Å². The lowest BCUT2D eigenvalue weighted by Gasteiger charge is -2.27. The molecule has 1 aliphatic heterocycles. The first-order valence-corrected chi connectivity index (χ1v) is 8.94. The van der Waals surface area contributed by atoms with Crippen molar-refractivity contribution in [2.75, 3.05) is 0 Å². The van der Waals surface area contributed by atoms with Gasteiger partial charge in [-0.3, -0.25) is 0 Å². The van der Waals surface area contributed by atoms with Crippen molar-refractivity contribution in [3.05, 3.63) is 77.9 Å². The zero-order chi connectivity index (χ0) is 16.5. The van der Waals surface area contributed by atoms with Crippen molar-refractivity contribution >= 4 is 0 Å². The van der Waals surface area contributed by atoms with Crippen LogP contribution in [0.2, 0.25) is 0 Å². The molecule has 24 heavy (non-hydrogen) atoms. The third-order valence-corrected chi connectivity index (χ3v) is 5.20. The molecular formula is C22H24N2. The van der Waals surface area contributed by atoms with E-state index >= 15 is 0 Å². The highest BCUT2D eigenvalue weighted by Gasteiger charge is 2.23. The second kappa shape index (κ2) is 6.27. The van der Waals surface area contributed by atoms with Gasteiger partial charge in [0.2, 0.25) is 0 Å². The van der Waals surface area contributed by atoms with Crippen LogP contribution in [0.1, 0.15) is 55.5 Å². The van der Waals surface area contributed by atoms with Gasteiger partial charge in [0, 0.05) is 11.9 Å². The second-order valence-corrected chi connectivity index (χ2v) is 7.06.